The zero-order valence-electron chi connectivity index (χ0n) is 64.6. The van der Waals surface area contributed by atoms with E-state index in [1.807, 2.05) is 116 Å². The number of carbonyl (C=O) groups is 6. The number of nitrogens with one attached hydrogen (secondary N) is 7. The van der Waals surface area contributed by atoms with Crippen molar-refractivity contribution in [2.45, 2.75) is 217 Å². The number of sulfonamides is 2. The maximum Gasteiger partial charge on any atom is 0.326 e. The number of hydrogen-bond acceptors (Lipinski definition) is 16. The third-order valence-corrected chi connectivity index (χ3v) is 26.8. The van der Waals surface area contributed by atoms with Crippen molar-refractivity contribution in [2.24, 2.45) is 0 Å². The highest BCUT2D eigenvalue weighted by Gasteiger charge is 2.39. The Bertz CT molecular complexity index is 4610. The highest BCUT2D eigenvalue weighted by atomic mass is 32.2. The molecule has 12 rings (SSSR count). The summed E-state index contributed by atoms with van der Waals surface area (Å²) < 4.78 is 132. The van der Waals surface area contributed by atoms with Crippen molar-refractivity contribution < 1.29 is 70.9 Å². The third kappa shape index (κ3) is 24.5. The lowest BCUT2D eigenvalue weighted by Gasteiger charge is -2.25. The molecule has 6 saturated heterocycles. The van der Waals surface area contributed by atoms with E-state index in [1.165, 1.54) is 22.3 Å². The number of amides is 6. The molecule has 6 aromatic rings. The number of rotatable bonds is 6. The summed E-state index contributed by atoms with van der Waals surface area (Å²) >= 11 is 0. The zero-order chi connectivity index (χ0) is 80.9. The summed E-state index contributed by atoms with van der Waals surface area (Å²) in [5, 5.41) is -1.15. The largest absolute Gasteiger partial charge is 0.326 e. The lowest BCUT2D eigenvalue weighted by atomic mass is 9.85. The Labute approximate surface area is 643 Å². The smallest absolute Gasteiger partial charge is 0.275 e. The van der Waals surface area contributed by atoms with Crippen molar-refractivity contribution in [1.82, 2.24) is 33.1 Å². The standard InChI is InChI=1S/C14H19NO3S.C13H18N2O3S.C13H17NO3S.2C13H17NO2S.C12H16N2O3S/c1-14(2,3)12-6-4-10(5-7-12)11-8-13(16)15-19(17,18)9-11;1-13(2,3)10-6-4-9(5-7-10)11-8-12(16)15-19(17,18)14-11;1-13(2,3)10-6-4-9(5-7-10)11-8-12(15)14-18(11,16)17;1-13(2,3)10-6-4-9(5-7-10)11-8-12(15)14-17(11)16;1-13(2,3)10-6-4-5-9(7-10)11-8-12(15)14-17(11)16;1-12(2,3)9-4-6-10(7-5-9)14-8-11(15)13-18(14,16)17/h4-7,11H,8-9H2,1-3H3,(H,15,16);4-7,11,14H,8H2,1-3H3,(H,15,16);4-7,11H,8H2,1-3H3,(H,14,15);2*4-7,11H,8H2,1-3H3,(H,14,15);4-7H,8H2,1-3H3,(H,13,15). The van der Waals surface area contributed by atoms with Crippen LogP contribution < -0.4 is 37.4 Å². The summed E-state index contributed by atoms with van der Waals surface area (Å²) in [5.41, 5.74) is 12.2. The average molecular weight is 1600 g/mol. The number of nitrogens with zero attached hydrogens (tertiary/aromatic N) is 1. The van der Waals surface area contributed by atoms with E-state index < -0.39 is 97.4 Å². The molecular formula is C78H104N8O16S6. The van der Waals surface area contributed by atoms with Gasteiger partial charge in [0.2, 0.25) is 49.6 Å². The molecule has 24 nitrogen and oxygen atoms in total. The summed E-state index contributed by atoms with van der Waals surface area (Å²) in [6.45, 7) is 38.0. The fraction of sp³-hybridized carbons (Fsp3) is 0.462. The minimum atomic E-state index is -3.72. The van der Waals surface area contributed by atoms with Gasteiger partial charge in [-0.25, -0.2) is 39.0 Å². The lowest BCUT2D eigenvalue weighted by Crippen LogP contribution is -2.48. The Kier molecular flexibility index (Phi) is 27.2. The molecule has 0 saturated carbocycles. The van der Waals surface area contributed by atoms with Crippen molar-refractivity contribution in [2.75, 3.05) is 16.6 Å². The molecule has 0 spiro atoms. The maximum atomic E-state index is 11.7. The molecule has 0 aliphatic carbocycles. The van der Waals surface area contributed by atoms with E-state index in [4.69, 9.17) is 0 Å². The topological polar surface area (TPSA) is 361 Å². The van der Waals surface area contributed by atoms with E-state index in [9.17, 15) is 70.9 Å². The predicted octanol–water partition coefficient (Wildman–Crippen LogP) is 10.8. The van der Waals surface area contributed by atoms with Gasteiger partial charge in [-0.15, -0.1) is 0 Å². The summed E-state index contributed by atoms with van der Waals surface area (Å²) in [7, 11) is -17.0. The second-order valence-corrected chi connectivity index (χ2v) is 43.0. The number of carbonyl (C=O) groups excluding carboxylic acids is 6. The molecule has 7 N–H and O–H groups in total. The second kappa shape index (κ2) is 33.7. The zero-order valence-corrected chi connectivity index (χ0v) is 69.5. The van der Waals surface area contributed by atoms with Crippen LogP contribution in [0, 0.1) is 0 Å². The van der Waals surface area contributed by atoms with Gasteiger partial charge in [0.15, 0.2) is 0 Å². The van der Waals surface area contributed by atoms with E-state index in [1.54, 1.807) is 24.3 Å². The first-order valence-corrected chi connectivity index (χ1v) is 43.8. The highest BCUT2D eigenvalue weighted by molar-refractivity contribution is 7.92. The van der Waals surface area contributed by atoms with Crippen LogP contribution >= 0.6 is 0 Å². The van der Waals surface area contributed by atoms with Gasteiger partial charge in [-0.3, -0.25) is 47.7 Å². The monoisotopic (exact) mass is 1600 g/mol. The van der Waals surface area contributed by atoms with E-state index >= 15 is 0 Å². The van der Waals surface area contributed by atoms with Crippen LogP contribution in [-0.4, -0.2) is 89.8 Å². The van der Waals surface area contributed by atoms with Crippen LogP contribution in [0.2, 0.25) is 0 Å². The molecule has 7 unspecified atom stereocenters. The molecule has 6 aliphatic heterocycles. The van der Waals surface area contributed by atoms with Crippen LogP contribution in [0.15, 0.2) is 146 Å². The van der Waals surface area contributed by atoms with Crippen molar-refractivity contribution in [3.05, 3.63) is 207 Å². The number of hydrogen-bond donors (Lipinski definition) is 7. The minimum Gasteiger partial charge on any atom is -0.275 e. The van der Waals surface area contributed by atoms with Crippen LogP contribution in [0.3, 0.4) is 0 Å². The Hall–Kier alpha value is -8.00. The summed E-state index contributed by atoms with van der Waals surface area (Å²) in [6, 6.07) is 45.8. The van der Waals surface area contributed by atoms with Gasteiger partial charge in [-0.05, 0) is 106 Å². The van der Waals surface area contributed by atoms with Crippen molar-refractivity contribution in [3.8, 4) is 0 Å². The van der Waals surface area contributed by atoms with Gasteiger partial charge in [0.05, 0.1) is 34.4 Å². The Balaban J connectivity index is 0.000000181. The first-order valence-electron chi connectivity index (χ1n) is 35.3. The molecule has 0 aromatic heterocycles. The molecule has 6 fully saturated rings. The Morgan fingerprint density at radius 3 is 1.10 bits per heavy atom. The van der Waals surface area contributed by atoms with Crippen molar-refractivity contribution >= 4 is 104 Å². The van der Waals surface area contributed by atoms with Crippen LogP contribution in [0.5, 0.6) is 0 Å². The van der Waals surface area contributed by atoms with Gasteiger partial charge in [0.1, 0.15) is 33.8 Å². The van der Waals surface area contributed by atoms with Gasteiger partial charge in [-0.2, -0.15) is 21.6 Å². The van der Waals surface area contributed by atoms with Gasteiger partial charge >= 0.3 is 20.4 Å². The number of benzene rings is 6. The first kappa shape index (κ1) is 87.2. The minimum absolute atomic E-state index is 0.0104. The summed E-state index contributed by atoms with van der Waals surface area (Å²) in [5.74, 6) is -2.36. The fourth-order valence-corrected chi connectivity index (χ4v) is 19.3. The molecule has 6 aromatic carbocycles. The summed E-state index contributed by atoms with van der Waals surface area (Å²) in [4.78, 5) is 67.4. The van der Waals surface area contributed by atoms with Crippen molar-refractivity contribution in [1.29, 1.82) is 0 Å². The molecule has 6 aliphatic rings. The van der Waals surface area contributed by atoms with Crippen LogP contribution in [0.1, 0.15) is 246 Å². The lowest BCUT2D eigenvalue weighted by molar-refractivity contribution is -0.121. The number of anilines is 1. The van der Waals surface area contributed by atoms with E-state index in [2.05, 4.69) is 163 Å². The SMILES string of the molecule is CC(C)(C)c1ccc(C2CC(=O)NS(=O)(=O)C2)cc1.CC(C)(C)c1ccc(C2CC(=O)NS(=O)(=O)N2)cc1.CC(C)(C)c1ccc(C2CC(=O)NS2(=O)=O)cc1.CC(C)(C)c1ccc(C2CC(=O)NS2=O)cc1.CC(C)(C)c1ccc(N2CC(=O)NS2(=O)=O)cc1.CC(C)(C)c1cccc(C2CC(=O)NS2=O)c1. The van der Waals surface area contributed by atoms with Crippen LogP contribution in [0.25, 0.3) is 0 Å². The molecule has 0 radical (unpaired) electrons. The van der Waals surface area contributed by atoms with Crippen LogP contribution in [0.4, 0.5) is 5.69 Å². The molecule has 6 amide bonds. The first-order chi connectivity index (χ1) is 49.5. The molecule has 7 atom stereocenters. The molecule has 6 heterocycles. The second-order valence-electron chi connectivity index (χ2n) is 33.6. The molecule has 108 heavy (non-hydrogen) atoms. The molecule has 588 valence electrons. The molecular weight excluding hydrogens is 1500 g/mol. The third-order valence-electron chi connectivity index (χ3n) is 18.4. The Morgan fingerprint density at radius 1 is 0.361 bits per heavy atom. The average Bonchev–Trinajstić information content (AvgIpc) is 1.61. The van der Waals surface area contributed by atoms with Gasteiger partial charge in [0, 0.05) is 31.6 Å². The highest BCUT2D eigenvalue weighted by Crippen LogP contribution is 2.36. The van der Waals surface area contributed by atoms with Crippen LogP contribution in [-0.2, 0) is 124 Å². The maximum absolute atomic E-state index is 11.7. The van der Waals surface area contributed by atoms with E-state index in [0.717, 1.165) is 37.7 Å². The summed E-state index contributed by atoms with van der Waals surface area (Å²) in [6.07, 6.45) is 1.00. The molecule has 0 bridgehead atoms. The van der Waals surface area contributed by atoms with Crippen molar-refractivity contribution in [3.63, 3.8) is 0 Å². The quantitative estimate of drug-likeness (QED) is 0.0814. The van der Waals surface area contributed by atoms with Gasteiger partial charge < -0.3 is 0 Å². The Morgan fingerprint density at radius 2 is 0.741 bits per heavy atom. The normalized spacial score (nSPS) is 22.8. The van der Waals surface area contributed by atoms with Gasteiger partial charge in [-0.1, -0.05) is 258 Å². The predicted molar refractivity (Wildman–Crippen MR) is 424 cm³/mol. The molecule has 30 heteroatoms. The van der Waals surface area contributed by atoms with Gasteiger partial charge in [0.25, 0.3) is 5.91 Å². The fourth-order valence-electron chi connectivity index (χ4n) is 12.0. The van der Waals surface area contributed by atoms with E-state index in [-0.39, 0.29) is 92.3 Å². The van der Waals surface area contributed by atoms with E-state index in [0.29, 0.717) is 24.1 Å².